The van der Waals surface area contributed by atoms with Crippen molar-refractivity contribution in [3.05, 3.63) is 29.8 Å². The van der Waals surface area contributed by atoms with E-state index in [-0.39, 0.29) is 29.1 Å². The summed E-state index contributed by atoms with van der Waals surface area (Å²) in [6.45, 7) is 1.93. The van der Waals surface area contributed by atoms with Gasteiger partial charge in [-0.25, -0.2) is 0 Å². The van der Waals surface area contributed by atoms with Crippen molar-refractivity contribution >= 4 is 24.2 Å². The Morgan fingerprint density at radius 1 is 1.26 bits per heavy atom. The van der Waals surface area contributed by atoms with Crippen molar-refractivity contribution in [2.24, 2.45) is 5.73 Å². The number of nitrogens with two attached hydrogens (primary N) is 1. The van der Waals surface area contributed by atoms with Crippen LogP contribution in [0.25, 0.3) is 0 Å². The lowest BCUT2D eigenvalue weighted by Gasteiger charge is -2.18. The molecule has 0 aliphatic rings. The van der Waals surface area contributed by atoms with Crippen molar-refractivity contribution in [2.75, 3.05) is 0 Å². The van der Waals surface area contributed by atoms with Crippen LogP contribution >= 0.6 is 24.2 Å². The van der Waals surface area contributed by atoms with Crippen molar-refractivity contribution in [1.82, 2.24) is 0 Å². The van der Waals surface area contributed by atoms with E-state index < -0.39 is 17.7 Å². The number of aliphatic hydroxyl groups excluding tert-OH is 1. The summed E-state index contributed by atoms with van der Waals surface area (Å²) < 4.78 is 36.4. The Hall–Kier alpha value is -0.430. The van der Waals surface area contributed by atoms with Crippen LogP contribution in [-0.4, -0.2) is 16.7 Å². The summed E-state index contributed by atoms with van der Waals surface area (Å²) in [6, 6.07) is 5.22. The Bertz CT molecular complexity index is 372. The molecule has 0 amide bonds. The molecule has 0 aromatic heterocycles. The number of thioether (sulfide) groups is 1. The van der Waals surface area contributed by atoms with Gasteiger partial charge in [0.05, 0.1) is 12.1 Å². The van der Waals surface area contributed by atoms with E-state index in [4.69, 9.17) is 5.73 Å². The predicted molar refractivity (Wildman–Crippen MR) is 73.4 cm³/mol. The Morgan fingerprint density at radius 2 is 1.79 bits per heavy atom. The molecule has 0 bridgehead atoms. The molecular formula is C12H17ClF3NOS. The SMILES string of the molecule is CCC[C@H](O)[C@H](N)c1ccc(SC(F)(F)F)cc1.Cl. The summed E-state index contributed by atoms with van der Waals surface area (Å²) in [6.07, 6.45) is 0.702. The van der Waals surface area contributed by atoms with Crippen LogP contribution in [0.3, 0.4) is 0 Å². The third-order valence-corrected chi connectivity index (χ3v) is 3.24. The predicted octanol–water partition coefficient (Wildman–Crippen LogP) is 3.88. The Labute approximate surface area is 121 Å². The van der Waals surface area contributed by atoms with Gasteiger partial charge in [0.15, 0.2) is 0 Å². The molecule has 1 rings (SSSR count). The van der Waals surface area contributed by atoms with Crippen LogP contribution in [0.4, 0.5) is 13.2 Å². The molecule has 0 saturated heterocycles. The van der Waals surface area contributed by atoms with Gasteiger partial charge in [-0.3, -0.25) is 0 Å². The van der Waals surface area contributed by atoms with Gasteiger partial charge < -0.3 is 10.8 Å². The minimum absolute atomic E-state index is 0. The highest BCUT2D eigenvalue weighted by Gasteiger charge is 2.29. The van der Waals surface area contributed by atoms with E-state index in [0.29, 0.717) is 12.0 Å². The van der Waals surface area contributed by atoms with Gasteiger partial charge in [-0.1, -0.05) is 25.5 Å². The number of alkyl halides is 3. The number of hydrogen-bond acceptors (Lipinski definition) is 3. The highest BCUT2D eigenvalue weighted by Crippen LogP contribution is 2.37. The molecule has 0 radical (unpaired) electrons. The molecule has 2 atom stereocenters. The average Bonchev–Trinajstić information content (AvgIpc) is 2.27. The maximum atomic E-state index is 12.1. The van der Waals surface area contributed by atoms with E-state index in [2.05, 4.69) is 0 Å². The first-order chi connectivity index (χ1) is 8.33. The Kier molecular flexibility index (Phi) is 7.81. The summed E-state index contributed by atoms with van der Waals surface area (Å²) in [4.78, 5) is 0.114. The lowest BCUT2D eigenvalue weighted by atomic mass is 9.99. The van der Waals surface area contributed by atoms with E-state index in [0.717, 1.165) is 6.42 Å². The quantitative estimate of drug-likeness (QED) is 0.811. The second-order valence-electron chi connectivity index (χ2n) is 4.00. The topological polar surface area (TPSA) is 46.2 Å². The fourth-order valence-electron chi connectivity index (χ4n) is 1.59. The van der Waals surface area contributed by atoms with Gasteiger partial charge in [0, 0.05) is 4.90 Å². The lowest BCUT2D eigenvalue weighted by Crippen LogP contribution is -2.25. The second-order valence-corrected chi connectivity index (χ2v) is 5.14. The summed E-state index contributed by atoms with van der Waals surface area (Å²) >= 11 is -0.163. The normalized spacial score (nSPS) is 14.6. The van der Waals surface area contributed by atoms with Crippen LogP contribution in [0.1, 0.15) is 31.4 Å². The summed E-state index contributed by atoms with van der Waals surface area (Å²) in [5, 5.41) is 9.72. The number of rotatable bonds is 5. The fraction of sp³-hybridized carbons (Fsp3) is 0.500. The second kappa shape index (κ2) is 7.99. The Morgan fingerprint density at radius 3 is 2.21 bits per heavy atom. The van der Waals surface area contributed by atoms with Crippen LogP contribution in [0, 0.1) is 0 Å². The van der Waals surface area contributed by atoms with E-state index in [1.54, 1.807) is 0 Å². The van der Waals surface area contributed by atoms with Crippen LogP contribution in [0.2, 0.25) is 0 Å². The van der Waals surface area contributed by atoms with Gasteiger partial charge in [0.1, 0.15) is 0 Å². The molecule has 0 aliphatic carbocycles. The maximum Gasteiger partial charge on any atom is 0.446 e. The highest BCUT2D eigenvalue weighted by atomic mass is 35.5. The van der Waals surface area contributed by atoms with E-state index in [1.165, 1.54) is 24.3 Å². The molecule has 7 heteroatoms. The molecule has 0 aliphatic heterocycles. The third-order valence-electron chi connectivity index (χ3n) is 2.50. The standard InChI is InChI=1S/C12H16F3NOS.ClH/c1-2-3-10(17)11(16)8-4-6-9(7-5-8)18-12(13,14)15;/h4-7,10-11,17H,2-3,16H2,1H3;1H/t10-,11+;/m0./s1. The zero-order valence-electron chi connectivity index (χ0n) is 10.4. The molecule has 2 nitrogen and oxygen atoms in total. The third kappa shape index (κ3) is 6.51. The molecule has 110 valence electrons. The van der Waals surface area contributed by atoms with Gasteiger partial charge in [-0.2, -0.15) is 13.2 Å². The average molecular weight is 316 g/mol. The molecule has 1 aromatic rings. The van der Waals surface area contributed by atoms with Crippen molar-refractivity contribution in [1.29, 1.82) is 0 Å². The smallest absolute Gasteiger partial charge is 0.391 e. The van der Waals surface area contributed by atoms with Crippen molar-refractivity contribution < 1.29 is 18.3 Å². The first kappa shape index (κ1) is 18.6. The van der Waals surface area contributed by atoms with E-state index in [9.17, 15) is 18.3 Å². The molecular weight excluding hydrogens is 299 g/mol. The first-order valence-electron chi connectivity index (χ1n) is 5.63. The number of benzene rings is 1. The monoisotopic (exact) mass is 315 g/mol. The highest BCUT2D eigenvalue weighted by molar-refractivity contribution is 8.00. The Balaban J connectivity index is 0.00000324. The van der Waals surface area contributed by atoms with Crippen molar-refractivity contribution in [3.63, 3.8) is 0 Å². The minimum Gasteiger partial charge on any atom is -0.391 e. The van der Waals surface area contributed by atoms with Crippen LogP contribution in [0.5, 0.6) is 0 Å². The van der Waals surface area contributed by atoms with Crippen molar-refractivity contribution in [3.8, 4) is 0 Å². The molecule has 19 heavy (non-hydrogen) atoms. The van der Waals surface area contributed by atoms with Crippen LogP contribution in [0.15, 0.2) is 29.2 Å². The van der Waals surface area contributed by atoms with Gasteiger partial charge in [-0.05, 0) is 35.9 Å². The fourth-order valence-corrected chi connectivity index (χ4v) is 2.13. The maximum absolute atomic E-state index is 12.1. The van der Waals surface area contributed by atoms with Gasteiger partial charge in [0.25, 0.3) is 0 Å². The summed E-state index contributed by atoms with van der Waals surface area (Å²) in [7, 11) is 0. The van der Waals surface area contributed by atoms with Crippen LogP contribution < -0.4 is 5.73 Å². The molecule has 1 aromatic carbocycles. The zero-order chi connectivity index (χ0) is 13.8. The number of halogens is 4. The minimum atomic E-state index is -4.29. The molecule has 0 saturated carbocycles. The largest absolute Gasteiger partial charge is 0.446 e. The molecule has 0 heterocycles. The van der Waals surface area contributed by atoms with Gasteiger partial charge in [0.2, 0.25) is 0 Å². The first-order valence-corrected chi connectivity index (χ1v) is 6.44. The van der Waals surface area contributed by atoms with E-state index >= 15 is 0 Å². The molecule has 0 fully saturated rings. The number of hydrogen-bond donors (Lipinski definition) is 2. The lowest BCUT2D eigenvalue weighted by molar-refractivity contribution is -0.0328. The van der Waals surface area contributed by atoms with Gasteiger partial charge in [-0.15, -0.1) is 12.4 Å². The number of aliphatic hydroxyl groups is 1. The summed E-state index contributed by atoms with van der Waals surface area (Å²) in [5.41, 5.74) is 2.18. The van der Waals surface area contributed by atoms with Gasteiger partial charge >= 0.3 is 5.51 Å². The molecule has 0 spiro atoms. The zero-order valence-corrected chi connectivity index (χ0v) is 12.0. The molecule has 3 N–H and O–H groups in total. The molecule has 0 unspecified atom stereocenters. The van der Waals surface area contributed by atoms with Crippen LogP contribution in [-0.2, 0) is 0 Å². The summed E-state index contributed by atoms with van der Waals surface area (Å²) in [5.74, 6) is 0. The van der Waals surface area contributed by atoms with Crippen molar-refractivity contribution in [2.45, 2.75) is 42.3 Å². The van der Waals surface area contributed by atoms with E-state index in [1.807, 2.05) is 6.92 Å².